The summed E-state index contributed by atoms with van der Waals surface area (Å²) in [5.41, 5.74) is 3.19. The Bertz CT molecular complexity index is 1070. The fourth-order valence-electron chi connectivity index (χ4n) is 2.65. The van der Waals surface area contributed by atoms with Crippen molar-refractivity contribution in [1.29, 1.82) is 0 Å². The number of hydrogen-bond acceptors (Lipinski definition) is 5. The molecule has 2 N–H and O–H groups in total. The molecule has 0 saturated carbocycles. The summed E-state index contributed by atoms with van der Waals surface area (Å²) in [6.45, 7) is 4.06. The van der Waals surface area contributed by atoms with E-state index in [1.54, 1.807) is 41.9 Å². The standard InChI is InChI=1S/C21H22ClN5O2S/c1-13-7-9-15(10-8-13)20(29)23-11-18-25-26-21(27(18)3)30-12-19(28)24-17-6-4-5-16(22)14(17)2/h4-10H,11-12H2,1-3H3,(H,23,29)(H,24,28). The first-order chi connectivity index (χ1) is 14.3. The number of halogens is 1. The van der Waals surface area contributed by atoms with E-state index in [0.717, 1.165) is 11.1 Å². The number of hydrogen-bond donors (Lipinski definition) is 2. The minimum Gasteiger partial charge on any atom is -0.345 e. The van der Waals surface area contributed by atoms with Crippen LogP contribution in [0, 0.1) is 13.8 Å². The van der Waals surface area contributed by atoms with Crippen molar-refractivity contribution in [2.75, 3.05) is 11.1 Å². The lowest BCUT2D eigenvalue weighted by Crippen LogP contribution is -2.24. The van der Waals surface area contributed by atoms with Crippen LogP contribution in [-0.4, -0.2) is 32.3 Å². The number of carbonyl (C=O) groups excluding carboxylic acids is 2. The SMILES string of the molecule is Cc1ccc(C(=O)NCc2nnc(SCC(=O)Nc3cccc(Cl)c3C)n2C)cc1. The number of thioether (sulfide) groups is 1. The molecule has 0 aliphatic carbocycles. The first-order valence-electron chi connectivity index (χ1n) is 9.26. The highest BCUT2D eigenvalue weighted by Crippen LogP contribution is 2.23. The quantitative estimate of drug-likeness (QED) is 0.543. The zero-order valence-corrected chi connectivity index (χ0v) is 18.5. The lowest BCUT2D eigenvalue weighted by Gasteiger charge is -2.09. The molecule has 0 aliphatic rings. The van der Waals surface area contributed by atoms with E-state index < -0.39 is 0 Å². The van der Waals surface area contributed by atoms with Gasteiger partial charge >= 0.3 is 0 Å². The number of rotatable bonds is 7. The van der Waals surface area contributed by atoms with Gasteiger partial charge in [0.05, 0.1) is 12.3 Å². The minimum atomic E-state index is -0.177. The molecular formula is C21H22ClN5O2S. The number of aromatic nitrogens is 3. The van der Waals surface area contributed by atoms with Crippen molar-refractivity contribution < 1.29 is 9.59 Å². The summed E-state index contributed by atoms with van der Waals surface area (Å²) in [5.74, 6) is 0.434. The predicted octanol–water partition coefficient (Wildman–Crippen LogP) is 3.75. The summed E-state index contributed by atoms with van der Waals surface area (Å²) in [7, 11) is 1.80. The van der Waals surface area contributed by atoms with E-state index in [-0.39, 0.29) is 24.1 Å². The van der Waals surface area contributed by atoms with Gasteiger partial charge in [0.15, 0.2) is 11.0 Å². The van der Waals surface area contributed by atoms with Crippen LogP contribution in [0.4, 0.5) is 5.69 Å². The molecule has 3 aromatic rings. The lowest BCUT2D eigenvalue weighted by molar-refractivity contribution is -0.113. The Kier molecular flexibility index (Phi) is 7.12. The van der Waals surface area contributed by atoms with Gasteiger partial charge in [0.1, 0.15) is 0 Å². The summed E-state index contributed by atoms with van der Waals surface area (Å²) in [4.78, 5) is 24.5. The van der Waals surface area contributed by atoms with Crippen molar-refractivity contribution in [2.24, 2.45) is 7.05 Å². The molecule has 0 bridgehead atoms. The van der Waals surface area contributed by atoms with E-state index >= 15 is 0 Å². The molecule has 0 atom stereocenters. The molecule has 7 nitrogen and oxygen atoms in total. The molecular weight excluding hydrogens is 422 g/mol. The Morgan fingerprint density at radius 2 is 1.83 bits per heavy atom. The molecule has 9 heteroatoms. The molecule has 3 rings (SSSR count). The Morgan fingerprint density at radius 3 is 2.57 bits per heavy atom. The highest BCUT2D eigenvalue weighted by molar-refractivity contribution is 7.99. The second kappa shape index (κ2) is 9.77. The van der Waals surface area contributed by atoms with E-state index in [1.807, 2.05) is 26.0 Å². The molecule has 0 aliphatic heterocycles. The van der Waals surface area contributed by atoms with Gasteiger partial charge in [-0.2, -0.15) is 0 Å². The van der Waals surface area contributed by atoms with Crippen molar-refractivity contribution in [3.8, 4) is 0 Å². The van der Waals surface area contributed by atoms with Gasteiger partial charge in [0.2, 0.25) is 5.91 Å². The Morgan fingerprint density at radius 1 is 1.10 bits per heavy atom. The van der Waals surface area contributed by atoms with Crippen molar-refractivity contribution in [3.05, 3.63) is 70.0 Å². The zero-order chi connectivity index (χ0) is 21.7. The third-order valence-electron chi connectivity index (χ3n) is 4.52. The first kappa shape index (κ1) is 21.9. The molecule has 0 unspecified atom stereocenters. The maximum atomic E-state index is 12.3. The van der Waals surface area contributed by atoms with Gasteiger partial charge < -0.3 is 15.2 Å². The summed E-state index contributed by atoms with van der Waals surface area (Å²) in [5, 5.41) is 15.1. The van der Waals surface area contributed by atoms with Crippen LogP contribution in [0.1, 0.15) is 27.3 Å². The van der Waals surface area contributed by atoms with Crippen molar-refractivity contribution in [1.82, 2.24) is 20.1 Å². The Labute approximate surface area is 184 Å². The Balaban J connectivity index is 1.53. The van der Waals surface area contributed by atoms with Crippen molar-refractivity contribution in [2.45, 2.75) is 25.5 Å². The monoisotopic (exact) mass is 443 g/mol. The fourth-order valence-corrected chi connectivity index (χ4v) is 3.55. The number of amides is 2. The molecule has 0 fully saturated rings. The molecule has 1 aromatic heterocycles. The van der Waals surface area contributed by atoms with Crippen molar-refractivity contribution in [3.63, 3.8) is 0 Å². The molecule has 0 radical (unpaired) electrons. The number of aryl methyl sites for hydroxylation is 1. The van der Waals surface area contributed by atoms with E-state index in [2.05, 4.69) is 20.8 Å². The molecule has 2 amide bonds. The highest BCUT2D eigenvalue weighted by atomic mass is 35.5. The molecule has 2 aromatic carbocycles. The molecule has 1 heterocycles. The molecule has 156 valence electrons. The van der Waals surface area contributed by atoms with Crippen LogP contribution in [0.15, 0.2) is 47.6 Å². The maximum Gasteiger partial charge on any atom is 0.251 e. The minimum absolute atomic E-state index is 0.164. The average molecular weight is 444 g/mol. The van der Waals surface area contributed by atoms with E-state index in [0.29, 0.717) is 27.3 Å². The normalized spacial score (nSPS) is 10.7. The summed E-state index contributed by atoms with van der Waals surface area (Å²) >= 11 is 7.35. The first-order valence-corrected chi connectivity index (χ1v) is 10.6. The van der Waals surface area contributed by atoms with Crippen LogP contribution >= 0.6 is 23.4 Å². The average Bonchev–Trinajstić information content (AvgIpc) is 3.08. The van der Waals surface area contributed by atoms with Crippen LogP contribution in [0.2, 0.25) is 5.02 Å². The zero-order valence-electron chi connectivity index (χ0n) is 16.9. The maximum absolute atomic E-state index is 12.3. The third kappa shape index (κ3) is 5.40. The largest absolute Gasteiger partial charge is 0.345 e. The molecule has 30 heavy (non-hydrogen) atoms. The third-order valence-corrected chi connectivity index (χ3v) is 5.95. The molecule has 0 spiro atoms. The van der Waals surface area contributed by atoms with Crippen LogP contribution in [-0.2, 0) is 18.4 Å². The van der Waals surface area contributed by atoms with Gasteiger partial charge in [-0.3, -0.25) is 9.59 Å². The van der Waals surface area contributed by atoms with Crippen LogP contribution in [0.25, 0.3) is 0 Å². The number of carbonyl (C=O) groups is 2. The van der Waals surface area contributed by atoms with Crippen LogP contribution in [0.3, 0.4) is 0 Å². The fraction of sp³-hybridized carbons (Fsp3) is 0.238. The highest BCUT2D eigenvalue weighted by Gasteiger charge is 2.14. The van der Waals surface area contributed by atoms with Gasteiger partial charge in [0, 0.05) is 23.3 Å². The summed E-state index contributed by atoms with van der Waals surface area (Å²) in [6, 6.07) is 12.7. The van der Waals surface area contributed by atoms with E-state index in [4.69, 9.17) is 11.6 Å². The molecule has 0 saturated heterocycles. The van der Waals surface area contributed by atoms with Gasteiger partial charge in [0.25, 0.3) is 5.91 Å². The van der Waals surface area contributed by atoms with E-state index in [1.165, 1.54) is 11.8 Å². The predicted molar refractivity (Wildman–Crippen MR) is 119 cm³/mol. The van der Waals surface area contributed by atoms with Crippen LogP contribution in [0.5, 0.6) is 0 Å². The lowest BCUT2D eigenvalue weighted by atomic mass is 10.1. The summed E-state index contributed by atoms with van der Waals surface area (Å²) < 4.78 is 1.76. The van der Waals surface area contributed by atoms with Gasteiger partial charge in [-0.05, 0) is 43.7 Å². The smallest absolute Gasteiger partial charge is 0.251 e. The number of nitrogens with zero attached hydrogens (tertiary/aromatic N) is 3. The number of nitrogens with one attached hydrogen (secondary N) is 2. The Hall–Kier alpha value is -2.84. The number of benzene rings is 2. The van der Waals surface area contributed by atoms with Crippen molar-refractivity contribution >= 4 is 40.9 Å². The van der Waals surface area contributed by atoms with E-state index in [9.17, 15) is 9.59 Å². The van der Waals surface area contributed by atoms with Crippen LogP contribution < -0.4 is 10.6 Å². The topological polar surface area (TPSA) is 88.9 Å². The summed E-state index contributed by atoms with van der Waals surface area (Å²) in [6.07, 6.45) is 0. The second-order valence-corrected chi connectivity index (χ2v) is 8.11. The number of anilines is 1. The second-order valence-electron chi connectivity index (χ2n) is 6.76. The van der Waals surface area contributed by atoms with Gasteiger partial charge in [-0.1, -0.05) is 47.1 Å². The van der Waals surface area contributed by atoms with Gasteiger partial charge in [-0.15, -0.1) is 10.2 Å². The van der Waals surface area contributed by atoms with Gasteiger partial charge in [-0.25, -0.2) is 0 Å².